The summed E-state index contributed by atoms with van der Waals surface area (Å²) in [6, 6.07) is 34.3. The van der Waals surface area contributed by atoms with Gasteiger partial charge in [-0.25, -0.2) is 4.79 Å². The van der Waals surface area contributed by atoms with Crippen LogP contribution in [0.2, 0.25) is 0 Å². The largest absolute Gasteiger partial charge is 0.467 e. The minimum absolute atomic E-state index is 0.285. The topological polar surface area (TPSA) is 55.4 Å². The smallest absolute Gasteiger partial charge is 0.328 e. The van der Waals surface area contributed by atoms with E-state index in [2.05, 4.69) is 5.32 Å². The van der Waals surface area contributed by atoms with Crippen molar-refractivity contribution in [3.63, 3.8) is 0 Å². The lowest BCUT2D eigenvalue weighted by atomic mass is 9.68. The van der Waals surface area contributed by atoms with E-state index in [1.807, 2.05) is 123 Å². The first kappa shape index (κ1) is 24.9. The molecule has 0 spiro atoms. The van der Waals surface area contributed by atoms with Gasteiger partial charge in [0.15, 0.2) is 0 Å². The van der Waals surface area contributed by atoms with Crippen molar-refractivity contribution in [3.05, 3.63) is 143 Å². The van der Waals surface area contributed by atoms with Crippen molar-refractivity contribution in [1.29, 1.82) is 0 Å². The molecule has 36 heavy (non-hydrogen) atoms. The predicted octanol–water partition coefficient (Wildman–Crippen LogP) is 5.54. The number of aryl methyl sites for hydroxylation is 2. The Morgan fingerprint density at radius 1 is 0.694 bits per heavy atom. The molecule has 1 N–H and O–H groups in total. The van der Waals surface area contributed by atoms with Crippen LogP contribution in [0.15, 0.2) is 109 Å². The molecule has 0 aliphatic heterocycles. The molecule has 4 nitrogen and oxygen atoms in total. The van der Waals surface area contributed by atoms with Crippen molar-refractivity contribution in [2.75, 3.05) is 7.11 Å². The van der Waals surface area contributed by atoms with Crippen LogP contribution in [0.25, 0.3) is 0 Å². The van der Waals surface area contributed by atoms with Crippen molar-refractivity contribution in [1.82, 2.24) is 5.32 Å². The van der Waals surface area contributed by atoms with Gasteiger partial charge in [0.05, 0.1) is 7.11 Å². The molecule has 4 aromatic rings. The zero-order valence-electron chi connectivity index (χ0n) is 20.9. The highest BCUT2D eigenvalue weighted by molar-refractivity contribution is 5.98. The lowest BCUT2D eigenvalue weighted by Crippen LogP contribution is -2.53. The first-order chi connectivity index (χ1) is 17.5. The number of ether oxygens (including phenoxy) is 1. The molecule has 0 aliphatic carbocycles. The third kappa shape index (κ3) is 4.80. The van der Waals surface area contributed by atoms with Crippen molar-refractivity contribution < 1.29 is 14.3 Å². The third-order valence-electron chi connectivity index (χ3n) is 6.80. The van der Waals surface area contributed by atoms with Crippen LogP contribution in [0.4, 0.5) is 0 Å². The molecule has 0 radical (unpaired) electrons. The summed E-state index contributed by atoms with van der Waals surface area (Å²) in [5.74, 6) is -0.762. The molecule has 0 bridgehead atoms. The summed E-state index contributed by atoms with van der Waals surface area (Å²) < 4.78 is 5.14. The number of nitrogens with one attached hydrogen (secondary N) is 1. The fraction of sp³-hybridized carbons (Fsp3) is 0.188. The zero-order valence-corrected chi connectivity index (χ0v) is 20.9. The molecule has 182 valence electrons. The van der Waals surface area contributed by atoms with Gasteiger partial charge in [-0.3, -0.25) is 4.79 Å². The van der Waals surface area contributed by atoms with Gasteiger partial charge in [0.25, 0.3) is 0 Å². The van der Waals surface area contributed by atoms with Gasteiger partial charge in [-0.1, -0.05) is 109 Å². The van der Waals surface area contributed by atoms with Gasteiger partial charge in [0, 0.05) is 6.42 Å². The second-order valence-electron chi connectivity index (χ2n) is 8.97. The van der Waals surface area contributed by atoms with Crippen LogP contribution in [0.3, 0.4) is 0 Å². The maximum absolute atomic E-state index is 14.5. The van der Waals surface area contributed by atoms with Gasteiger partial charge in [-0.2, -0.15) is 0 Å². The molecule has 0 aliphatic rings. The minimum atomic E-state index is -1.17. The minimum Gasteiger partial charge on any atom is -0.467 e. The number of hydrogen-bond acceptors (Lipinski definition) is 3. The average molecular weight is 478 g/mol. The summed E-state index contributed by atoms with van der Waals surface area (Å²) in [4.78, 5) is 27.5. The van der Waals surface area contributed by atoms with Crippen LogP contribution in [-0.2, 0) is 26.2 Å². The summed E-state index contributed by atoms with van der Waals surface area (Å²) in [5.41, 5.74) is 4.44. The SMILES string of the molecule is COC(=O)[C@@H](Cc1c(C)cccc1C)NC(=O)C(c1ccccc1)(c1ccccc1)c1ccccc1. The standard InChI is InChI=1S/C32H31NO3/c1-23-14-13-15-24(2)28(23)22-29(30(34)36-3)33-31(35)32(25-16-7-4-8-17-25,26-18-9-5-10-19-26)27-20-11-6-12-21-27/h4-21,29H,22H2,1-3H3,(H,33,35)/t29-/m1/s1. The molecule has 4 heteroatoms. The summed E-state index contributed by atoms with van der Waals surface area (Å²) >= 11 is 0. The second-order valence-corrected chi connectivity index (χ2v) is 8.97. The summed E-state index contributed by atoms with van der Waals surface area (Å²) in [7, 11) is 1.35. The molecule has 1 atom stereocenters. The first-order valence-electron chi connectivity index (χ1n) is 12.1. The molecular formula is C32H31NO3. The zero-order chi connectivity index (χ0) is 25.5. The number of esters is 1. The quantitative estimate of drug-likeness (QED) is 0.268. The van der Waals surface area contributed by atoms with Gasteiger partial charge in [-0.15, -0.1) is 0 Å². The fourth-order valence-corrected chi connectivity index (χ4v) is 4.93. The monoisotopic (exact) mass is 477 g/mol. The van der Waals surface area contributed by atoms with Gasteiger partial charge < -0.3 is 10.1 Å². The van der Waals surface area contributed by atoms with Crippen molar-refractivity contribution >= 4 is 11.9 Å². The summed E-state index contributed by atoms with van der Waals surface area (Å²) in [6.07, 6.45) is 0.339. The Morgan fingerprint density at radius 3 is 1.50 bits per heavy atom. The van der Waals surface area contributed by atoms with E-state index in [4.69, 9.17) is 4.74 Å². The highest BCUT2D eigenvalue weighted by atomic mass is 16.5. The van der Waals surface area contributed by atoms with Crippen molar-refractivity contribution in [2.24, 2.45) is 0 Å². The number of carbonyl (C=O) groups is 2. The number of amides is 1. The Kier molecular flexibility index (Phi) is 7.65. The maximum Gasteiger partial charge on any atom is 0.328 e. The van der Waals surface area contributed by atoms with Gasteiger partial charge in [0.1, 0.15) is 11.5 Å². The van der Waals surface area contributed by atoms with E-state index in [1.165, 1.54) is 7.11 Å². The van der Waals surface area contributed by atoms with Crippen LogP contribution in [0, 0.1) is 13.8 Å². The number of hydrogen-bond donors (Lipinski definition) is 1. The number of rotatable bonds is 8. The second kappa shape index (κ2) is 11.0. The Hall–Kier alpha value is -4.18. The van der Waals surface area contributed by atoms with E-state index in [1.54, 1.807) is 0 Å². The van der Waals surface area contributed by atoms with Crippen LogP contribution in [0.5, 0.6) is 0 Å². The lowest BCUT2D eigenvalue weighted by molar-refractivity contribution is -0.145. The van der Waals surface area contributed by atoms with Crippen molar-refractivity contribution in [3.8, 4) is 0 Å². The van der Waals surface area contributed by atoms with Gasteiger partial charge >= 0.3 is 5.97 Å². The number of benzene rings is 4. The molecule has 0 aromatic heterocycles. The van der Waals surface area contributed by atoms with E-state index >= 15 is 0 Å². The van der Waals surface area contributed by atoms with E-state index in [0.717, 1.165) is 33.4 Å². The Morgan fingerprint density at radius 2 is 1.11 bits per heavy atom. The number of methoxy groups -OCH3 is 1. The highest BCUT2D eigenvalue weighted by Crippen LogP contribution is 2.39. The molecular weight excluding hydrogens is 446 g/mol. The van der Waals surface area contributed by atoms with E-state index < -0.39 is 17.4 Å². The van der Waals surface area contributed by atoms with Crippen LogP contribution < -0.4 is 5.32 Å². The summed E-state index contributed by atoms with van der Waals surface area (Å²) in [6.45, 7) is 4.03. The predicted molar refractivity (Wildman–Crippen MR) is 143 cm³/mol. The first-order valence-corrected chi connectivity index (χ1v) is 12.1. The fourth-order valence-electron chi connectivity index (χ4n) is 4.93. The van der Waals surface area contributed by atoms with Crippen LogP contribution >= 0.6 is 0 Å². The summed E-state index contributed by atoms with van der Waals surface area (Å²) in [5, 5.41) is 3.09. The molecule has 0 fully saturated rings. The third-order valence-corrected chi connectivity index (χ3v) is 6.80. The van der Waals surface area contributed by atoms with Crippen LogP contribution in [0.1, 0.15) is 33.4 Å². The Labute approximate surface area is 213 Å². The maximum atomic E-state index is 14.5. The molecule has 1 amide bonds. The Bertz CT molecular complexity index is 1200. The molecule has 0 saturated heterocycles. The molecule has 0 heterocycles. The van der Waals surface area contributed by atoms with E-state index in [-0.39, 0.29) is 5.91 Å². The average Bonchev–Trinajstić information content (AvgIpc) is 2.92. The lowest BCUT2D eigenvalue weighted by Gasteiger charge is -2.35. The molecule has 4 aromatic carbocycles. The number of carbonyl (C=O) groups excluding carboxylic acids is 2. The van der Waals surface area contributed by atoms with Crippen LogP contribution in [-0.4, -0.2) is 25.0 Å². The van der Waals surface area contributed by atoms with E-state index in [0.29, 0.717) is 6.42 Å². The van der Waals surface area contributed by atoms with Crippen molar-refractivity contribution in [2.45, 2.75) is 31.7 Å². The van der Waals surface area contributed by atoms with Gasteiger partial charge in [0.2, 0.25) is 5.91 Å². The molecule has 4 rings (SSSR count). The normalized spacial score (nSPS) is 12.0. The molecule has 0 saturated carbocycles. The highest BCUT2D eigenvalue weighted by Gasteiger charge is 2.45. The molecule has 0 unspecified atom stereocenters. The van der Waals surface area contributed by atoms with Gasteiger partial charge in [-0.05, 0) is 47.2 Å². The van der Waals surface area contributed by atoms with E-state index in [9.17, 15) is 9.59 Å². The Balaban J connectivity index is 1.87.